The van der Waals surface area contributed by atoms with Crippen molar-refractivity contribution in [2.24, 2.45) is 0 Å². The number of methoxy groups -OCH3 is 1. The number of ether oxygens (including phenoxy) is 2. The van der Waals surface area contributed by atoms with Crippen molar-refractivity contribution in [1.29, 1.82) is 0 Å². The Bertz CT molecular complexity index is 305. The molecule has 0 saturated heterocycles. The van der Waals surface area contributed by atoms with Gasteiger partial charge in [-0.2, -0.15) is 0 Å². The van der Waals surface area contributed by atoms with E-state index in [1.54, 1.807) is 14.0 Å². The summed E-state index contributed by atoms with van der Waals surface area (Å²) in [6.45, 7) is 2.70. The fourth-order valence-electron chi connectivity index (χ4n) is 0.869. The third-order valence-electron chi connectivity index (χ3n) is 1.81. The van der Waals surface area contributed by atoms with E-state index in [0.29, 0.717) is 13.2 Å². The molecule has 0 aromatic rings. The second-order valence-corrected chi connectivity index (χ2v) is 5.29. The van der Waals surface area contributed by atoms with Gasteiger partial charge in [0.05, 0.1) is 19.0 Å². The number of hydrogen-bond acceptors (Lipinski definition) is 5. The summed E-state index contributed by atoms with van der Waals surface area (Å²) in [4.78, 5) is 11.1. The van der Waals surface area contributed by atoms with E-state index in [0.717, 1.165) is 0 Å². The van der Waals surface area contributed by atoms with Crippen LogP contribution in [-0.2, 0) is 24.3 Å². The van der Waals surface area contributed by atoms with Gasteiger partial charge in [-0.05, 0) is 6.92 Å². The number of rotatable bonds is 10. The lowest BCUT2D eigenvalue weighted by molar-refractivity contribution is -0.126. The van der Waals surface area contributed by atoms with Crippen LogP contribution in [0.5, 0.6) is 0 Å². The van der Waals surface area contributed by atoms with Crippen molar-refractivity contribution in [3.05, 3.63) is 0 Å². The molecule has 0 aromatic carbocycles. The van der Waals surface area contributed by atoms with Crippen LogP contribution in [0.1, 0.15) is 6.92 Å². The molecule has 0 atom stereocenters. The van der Waals surface area contributed by atoms with E-state index in [4.69, 9.17) is 9.47 Å². The molecule has 0 aliphatic carbocycles. The molecule has 7 nitrogen and oxygen atoms in total. The maximum Gasteiger partial charge on any atom is 0.246 e. The van der Waals surface area contributed by atoms with E-state index in [9.17, 15) is 13.2 Å². The first-order chi connectivity index (χ1) is 8.02. The van der Waals surface area contributed by atoms with E-state index in [1.165, 1.54) is 0 Å². The highest BCUT2D eigenvalue weighted by Crippen LogP contribution is 1.80. The Balaban J connectivity index is 3.46. The first-order valence-electron chi connectivity index (χ1n) is 5.32. The van der Waals surface area contributed by atoms with Crippen LogP contribution in [0.15, 0.2) is 0 Å². The molecule has 0 aromatic heterocycles. The van der Waals surface area contributed by atoms with E-state index in [2.05, 4.69) is 10.0 Å². The number of carbonyl (C=O) groups excluding carboxylic acids is 1. The SMILES string of the molecule is CCS(=O)(=O)NCCNC(=O)COCCOC. The lowest BCUT2D eigenvalue weighted by atomic mass is 10.5. The molecule has 0 bridgehead atoms. The van der Waals surface area contributed by atoms with Crippen molar-refractivity contribution >= 4 is 15.9 Å². The molecule has 0 fully saturated rings. The number of hydrogen-bond donors (Lipinski definition) is 2. The van der Waals surface area contributed by atoms with Crippen molar-refractivity contribution in [3.63, 3.8) is 0 Å². The smallest absolute Gasteiger partial charge is 0.246 e. The predicted molar refractivity (Wildman–Crippen MR) is 63.2 cm³/mol. The summed E-state index contributed by atoms with van der Waals surface area (Å²) < 4.78 is 34.1. The van der Waals surface area contributed by atoms with Crippen molar-refractivity contribution in [1.82, 2.24) is 10.0 Å². The van der Waals surface area contributed by atoms with Gasteiger partial charge in [-0.1, -0.05) is 0 Å². The van der Waals surface area contributed by atoms with Crippen LogP contribution in [-0.4, -0.2) is 60.1 Å². The maximum atomic E-state index is 11.1. The highest BCUT2D eigenvalue weighted by Gasteiger charge is 2.05. The van der Waals surface area contributed by atoms with E-state index in [1.807, 2.05) is 0 Å². The standard InChI is InChI=1S/C9H20N2O5S/c1-3-17(13,14)11-5-4-10-9(12)8-16-7-6-15-2/h11H,3-8H2,1-2H3,(H,10,12). The summed E-state index contributed by atoms with van der Waals surface area (Å²) in [6.07, 6.45) is 0. The third-order valence-corrected chi connectivity index (χ3v) is 3.22. The van der Waals surface area contributed by atoms with E-state index in [-0.39, 0.29) is 31.4 Å². The molecule has 0 heterocycles. The second kappa shape index (κ2) is 9.34. The lowest BCUT2D eigenvalue weighted by Crippen LogP contribution is -2.36. The fourth-order valence-corrected chi connectivity index (χ4v) is 1.49. The number of amides is 1. The van der Waals surface area contributed by atoms with Gasteiger partial charge in [-0.15, -0.1) is 0 Å². The quantitative estimate of drug-likeness (QED) is 0.481. The van der Waals surface area contributed by atoms with Crippen molar-refractivity contribution in [2.45, 2.75) is 6.92 Å². The zero-order chi connectivity index (χ0) is 13.1. The maximum absolute atomic E-state index is 11.1. The van der Waals surface area contributed by atoms with Crippen molar-refractivity contribution < 1.29 is 22.7 Å². The zero-order valence-corrected chi connectivity index (χ0v) is 11.0. The minimum atomic E-state index is -3.19. The molecular formula is C9H20N2O5S. The summed E-state index contributed by atoms with van der Waals surface area (Å²) in [5.41, 5.74) is 0. The van der Waals surface area contributed by atoms with Crippen molar-refractivity contribution in [2.75, 3.05) is 45.8 Å². The highest BCUT2D eigenvalue weighted by atomic mass is 32.2. The molecule has 0 spiro atoms. The molecule has 1 amide bonds. The minimum Gasteiger partial charge on any atom is -0.382 e. The average molecular weight is 268 g/mol. The highest BCUT2D eigenvalue weighted by molar-refractivity contribution is 7.89. The van der Waals surface area contributed by atoms with Crippen LogP contribution >= 0.6 is 0 Å². The Kier molecular flexibility index (Phi) is 8.96. The molecule has 17 heavy (non-hydrogen) atoms. The third kappa shape index (κ3) is 10.2. The molecule has 0 rings (SSSR count). The van der Waals surface area contributed by atoms with E-state index < -0.39 is 10.0 Å². The van der Waals surface area contributed by atoms with Gasteiger partial charge in [0, 0.05) is 20.2 Å². The fraction of sp³-hybridized carbons (Fsp3) is 0.889. The van der Waals surface area contributed by atoms with Gasteiger partial charge in [0.1, 0.15) is 6.61 Å². The Morgan fingerprint density at radius 3 is 2.53 bits per heavy atom. The minimum absolute atomic E-state index is 0.0288. The van der Waals surface area contributed by atoms with Crippen LogP contribution in [0.2, 0.25) is 0 Å². The number of carbonyl (C=O) groups is 1. The number of nitrogens with one attached hydrogen (secondary N) is 2. The molecule has 102 valence electrons. The largest absolute Gasteiger partial charge is 0.382 e. The molecule has 0 aliphatic heterocycles. The summed E-state index contributed by atoms with van der Waals surface area (Å²) in [5, 5.41) is 2.52. The summed E-state index contributed by atoms with van der Waals surface area (Å²) in [5.74, 6) is -0.252. The van der Waals surface area contributed by atoms with Gasteiger partial charge in [0.15, 0.2) is 0 Å². The summed E-state index contributed by atoms with van der Waals surface area (Å²) >= 11 is 0. The molecule has 0 unspecified atom stereocenters. The Morgan fingerprint density at radius 2 is 1.94 bits per heavy atom. The van der Waals surface area contributed by atoms with Crippen LogP contribution in [0, 0.1) is 0 Å². The van der Waals surface area contributed by atoms with Gasteiger partial charge in [0.25, 0.3) is 0 Å². The molecule has 8 heteroatoms. The first-order valence-corrected chi connectivity index (χ1v) is 6.97. The van der Waals surface area contributed by atoms with Crippen LogP contribution < -0.4 is 10.0 Å². The van der Waals surface area contributed by atoms with Crippen LogP contribution in [0.25, 0.3) is 0 Å². The second-order valence-electron chi connectivity index (χ2n) is 3.19. The first kappa shape index (κ1) is 16.3. The predicted octanol–water partition coefficient (Wildman–Crippen LogP) is -1.30. The summed E-state index contributed by atoms with van der Waals surface area (Å²) in [6, 6.07) is 0. The molecular weight excluding hydrogens is 248 g/mol. The van der Waals surface area contributed by atoms with Gasteiger partial charge < -0.3 is 14.8 Å². The average Bonchev–Trinajstić information content (AvgIpc) is 2.30. The molecule has 0 aliphatic rings. The number of sulfonamides is 1. The molecule has 0 saturated carbocycles. The van der Waals surface area contributed by atoms with Gasteiger partial charge in [0.2, 0.25) is 15.9 Å². The Hall–Kier alpha value is -0.700. The normalized spacial score (nSPS) is 11.4. The van der Waals surface area contributed by atoms with E-state index >= 15 is 0 Å². The lowest BCUT2D eigenvalue weighted by Gasteiger charge is -2.07. The Labute approximate surface area is 102 Å². The monoisotopic (exact) mass is 268 g/mol. The Morgan fingerprint density at radius 1 is 1.24 bits per heavy atom. The molecule has 0 radical (unpaired) electrons. The van der Waals surface area contributed by atoms with Gasteiger partial charge in [-0.3, -0.25) is 4.79 Å². The van der Waals surface area contributed by atoms with Gasteiger partial charge in [-0.25, -0.2) is 13.1 Å². The van der Waals surface area contributed by atoms with Gasteiger partial charge >= 0.3 is 0 Å². The van der Waals surface area contributed by atoms with Crippen LogP contribution in [0.4, 0.5) is 0 Å². The summed E-state index contributed by atoms with van der Waals surface area (Å²) in [7, 11) is -1.65. The molecule has 2 N–H and O–H groups in total. The van der Waals surface area contributed by atoms with Crippen molar-refractivity contribution in [3.8, 4) is 0 Å². The van der Waals surface area contributed by atoms with Crippen LogP contribution in [0.3, 0.4) is 0 Å². The topological polar surface area (TPSA) is 93.7 Å². The zero-order valence-electron chi connectivity index (χ0n) is 10.2.